The van der Waals surface area contributed by atoms with Gasteiger partial charge in [0.25, 0.3) is 0 Å². The number of hydrogen-bond acceptors (Lipinski definition) is 4. The molecular weight excluding hydrogens is 385 g/mol. The number of halogens is 2. The lowest BCUT2D eigenvalue weighted by molar-refractivity contribution is 0.0695. The molecule has 1 aliphatic heterocycles. The van der Waals surface area contributed by atoms with Crippen molar-refractivity contribution in [1.82, 2.24) is 4.57 Å². The van der Waals surface area contributed by atoms with Gasteiger partial charge in [-0.1, -0.05) is 25.4 Å². The number of carboxylic acid groups (broad SMARTS) is 1. The van der Waals surface area contributed by atoms with Crippen LogP contribution in [0.4, 0.5) is 10.1 Å². The Bertz CT molecular complexity index is 1050. The van der Waals surface area contributed by atoms with Gasteiger partial charge in [-0.3, -0.25) is 4.79 Å². The standard InChI is InChI=1S/C20H23ClFN3O3/c1-3-20(2)9-24(8-14(20)23)17-13(22)6-11-16(15(17)21)25(10-4-5-10)7-12(18(11)26)19(27)28/h6-7,10,14H,3-5,8-9,23H2,1-2H3,(H,27,28). The number of carbonyl (C=O) groups is 1. The molecule has 28 heavy (non-hydrogen) atoms. The zero-order chi connectivity index (χ0) is 20.4. The van der Waals surface area contributed by atoms with Crippen LogP contribution < -0.4 is 16.1 Å². The molecule has 0 radical (unpaired) electrons. The number of hydrogen-bond donors (Lipinski definition) is 2. The number of nitrogens with zero attached hydrogens (tertiary/aromatic N) is 2. The van der Waals surface area contributed by atoms with E-state index < -0.39 is 17.2 Å². The van der Waals surface area contributed by atoms with Gasteiger partial charge in [0.15, 0.2) is 0 Å². The van der Waals surface area contributed by atoms with E-state index in [2.05, 4.69) is 13.8 Å². The number of pyridine rings is 1. The largest absolute Gasteiger partial charge is 0.477 e. The van der Waals surface area contributed by atoms with Crippen LogP contribution in [-0.2, 0) is 0 Å². The fourth-order valence-electron chi connectivity index (χ4n) is 4.13. The van der Waals surface area contributed by atoms with E-state index in [0.717, 1.165) is 25.3 Å². The van der Waals surface area contributed by atoms with Crippen LogP contribution in [0, 0.1) is 11.2 Å². The number of aromatic carboxylic acids is 1. The van der Waals surface area contributed by atoms with Gasteiger partial charge >= 0.3 is 5.97 Å². The van der Waals surface area contributed by atoms with Crippen molar-refractivity contribution in [2.24, 2.45) is 11.1 Å². The predicted octanol–water partition coefficient (Wildman–Crippen LogP) is 3.39. The number of fused-ring (bicyclic) bond motifs is 1. The maximum absolute atomic E-state index is 15.1. The minimum Gasteiger partial charge on any atom is -0.477 e. The highest BCUT2D eigenvalue weighted by atomic mass is 35.5. The molecule has 1 saturated heterocycles. The van der Waals surface area contributed by atoms with Crippen LogP contribution >= 0.6 is 11.6 Å². The molecule has 1 aromatic carbocycles. The van der Waals surface area contributed by atoms with Gasteiger partial charge in [0.2, 0.25) is 5.43 Å². The van der Waals surface area contributed by atoms with Crippen LogP contribution in [0.1, 0.15) is 49.5 Å². The second-order valence-corrected chi connectivity index (χ2v) is 8.61. The van der Waals surface area contributed by atoms with E-state index in [1.807, 2.05) is 4.90 Å². The minimum absolute atomic E-state index is 0.000186. The van der Waals surface area contributed by atoms with Gasteiger partial charge < -0.3 is 20.3 Å². The second-order valence-electron chi connectivity index (χ2n) is 8.23. The number of benzene rings is 1. The Morgan fingerprint density at radius 1 is 1.46 bits per heavy atom. The van der Waals surface area contributed by atoms with Gasteiger partial charge in [-0.2, -0.15) is 0 Å². The lowest BCUT2D eigenvalue weighted by Gasteiger charge is -2.27. The molecule has 150 valence electrons. The molecule has 0 bridgehead atoms. The lowest BCUT2D eigenvalue weighted by Crippen LogP contribution is -2.37. The van der Waals surface area contributed by atoms with Gasteiger partial charge in [0.05, 0.1) is 21.6 Å². The first-order valence-electron chi connectivity index (χ1n) is 9.48. The normalized spacial score (nSPS) is 24.9. The highest BCUT2D eigenvalue weighted by molar-refractivity contribution is 6.38. The fraction of sp³-hybridized carbons (Fsp3) is 0.500. The molecule has 2 aromatic rings. The quantitative estimate of drug-likeness (QED) is 0.811. The van der Waals surface area contributed by atoms with Crippen molar-refractivity contribution in [2.45, 2.75) is 45.2 Å². The highest BCUT2D eigenvalue weighted by Gasteiger charge is 2.41. The molecule has 4 rings (SSSR count). The fourth-order valence-corrected chi connectivity index (χ4v) is 4.54. The first-order chi connectivity index (χ1) is 13.2. The zero-order valence-electron chi connectivity index (χ0n) is 15.8. The van der Waals surface area contributed by atoms with Gasteiger partial charge in [0.1, 0.15) is 11.4 Å². The molecule has 1 saturated carbocycles. The highest BCUT2D eigenvalue weighted by Crippen LogP contribution is 2.44. The summed E-state index contributed by atoms with van der Waals surface area (Å²) in [6, 6.07) is 1.07. The Hall–Kier alpha value is -2.12. The first-order valence-corrected chi connectivity index (χ1v) is 9.86. The summed E-state index contributed by atoms with van der Waals surface area (Å²) >= 11 is 6.66. The molecule has 2 aliphatic rings. The topological polar surface area (TPSA) is 88.6 Å². The van der Waals surface area contributed by atoms with Gasteiger partial charge in [0, 0.05) is 36.8 Å². The Morgan fingerprint density at radius 3 is 2.68 bits per heavy atom. The van der Waals surface area contributed by atoms with Crippen molar-refractivity contribution in [3.63, 3.8) is 0 Å². The van der Waals surface area contributed by atoms with E-state index in [0.29, 0.717) is 18.6 Å². The number of rotatable bonds is 4. The molecule has 1 aliphatic carbocycles. The monoisotopic (exact) mass is 407 g/mol. The average molecular weight is 408 g/mol. The van der Waals surface area contributed by atoms with Crippen LogP contribution in [0.3, 0.4) is 0 Å². The van der Waals surface area contributed by atoms with Crippen LogP contribution in [0.15, 0.2) is 17.1 Å². The smallest absolute Gasteiger partial charge is 0.341 e. The summed E-state index contributed by atoms with van der Waals surface area (Å²) in [5.41, 5.74) is 5.69. The Balaban J connectivity index is 1.96. The Morgan fingerprint density at radius 2 is 2.14 bits per heavy atom. The van der Waals surface area contributed by atoms with Crippen LogP contribution in [0.5, 0.6) is 0 Å². The average Bonchev–Trinajstić information content (AvgIpc) is 3.42. The van der Waals surface area contributed by atoms with Crippen molar-refractivity contribution >= 4 is 34.2 Å². The molecule has 0 spiro atoms. The minimum atomic E-state index is -1.33. The number of carboxylic acids is 1. The molecule has 1 aromatic heterocycles. The van der Waals surface area contributed by atoms with Gasteiger partial charge in [-0.25, -0.2) is 9.18 Å². The molecular formula is C20H23ClFN3O3. The molecule has 2 unspecified atom stereocenters. The summed E-state index contributed by atoms with van der Waals surface area (Å²) in [4.78, 5) is 26.0. The molecule has 2 heterocycles. The number of nitrogens with two attached hydrogens (primary N) is 1. The number of anilines is 1. The van der Waals surface area contributed by atoms with E-state index in [1.54, 1.807) is 4.57 Å². The molecule has 3 N–H and O–H groups in total. The summed E-state index contributed by atoms with van der Waals surface area (Å²) in [6.45, 7) is 5.16. The van der Waals surface area contributed by atoms with E-state index in [-0.39, 0.29) is 39.2 Å². The third-order valence-corrected chi connectivity index (χ3v) is 6.70. The van der Waals surface area contributed by atoms with Crippen molar-refractivity contribution < 1.29 is 14.3 Å². The van der Waals surface area contributed by atoms with Gasteiger partial charge in [-0.15, -0.1) is 0 Å². The Labute approximate surface area is 166 Å². The van der Waals surface area contributed by atoms with Crippen LogP contribution in [0.2, 0.25) is 5.02 Å². The van der Waals surface area contributed by atoms with E-state index in [9.17, 15) is 14.7 Å². The Kier molecular flexibility index (Phi) is 4.43. The molecule has 6 nitrogen and oxygen atoms in total. The van der Waals surface area contributed by atoms with Crippen LogP contribution in [0.25, 0.3) is 10.9 Å². The number of aromatic nitrogens is 1. The summed E-state index contributed by atoms with van der Waals surface area (Å²) < 4.78 is 16.8. The maximum atomic E-state index is 15.1. The molecule has 8 heteroatoms. The van der Waals surface area contributed by atoms with Crippen LogP contribution in [-0.4, -0.2) is 34.8 Å². The van der Waals surface area contributed by atoms with E-state index >= 15 is 4.39 Å². The molecule has 0 amide bonds. The van der Waals surface area contributed by atoms with Crippen molar-refractivity contribution in [1.29, 1.82) is 0 Å². The third kappa shape index (κ3) is 2.79. The predicted molar refractivity (Wildman–Crippen MR) is 107 cm³/mol. The lowest BCUT2D eigenvalue weighted by atomic mass is 9.83. The SMILES string of the molecule is CCC1(C)CN(c2c(F)cc3c(=O)c(C(=O)O)cn(C4CC4)c3c2Cl)CC1N. The summed E-state index contributed by atoms with van der Waals surface area (Å²) in [6.07, 6.45) is 3.92. The molecule has 2 atom stereocenters. The van der Waals surface area contributed by atoms with E-state index in [1.165, 1.54) is 6.20 Å². The summed E-state index contributed by atoms with van der Waals surface area (Å²) in [7, 11) is 0. The van der Waals surface area contributed by atoms with Crippen molar-refractivity contribution in [3.05, 3.63) is 38.9 Å². The zero-order valence-corrected chi connectivity index (χ0v) is 16.6. The van der Waals surface area contributed by atoms with E-state index in [4.69, 9.17) is 17.3 Å². The third-order valence-electron chi connectivity index (χ3n) is 6.34. The summed E-state index contributed by atoms with van der Waals surface area (Å²) in [5.74, 6) is -1.96. The summed E-state index contributed by atoms with van der Waals surface area (Å²) in [5, 5.41) is 9.51. The second kappa shape index (κ2) is 6.46. The maximum Gasteiger partial charge on any atom is 0.341 e. The molecule has 2 fully saturated rings. The van der Waals surface area contributed by atoms with Crippen molar-refractivity contribution in [3.8, 4) is 0 Å². The van der Waals surface area contributed by atoms with Gasteiger partial charge in [-0.05, 0) is 25.3 Å². The first kappa shape index (κ1) is 19.2. The van der Waals surface area contributed by atoms with Crippen molar-refractivity contribution in [2.75, 3.05) is 18.0 Å².